The van der Waals surface area contributed by atoms with E-state index in [1.165, 1.54) is 6.42 Å². The first-order chi connectivity index (χ1) is 7.68. The summed E-state index contributed by atoms with van der Waals surface area (Å²) < 4.78 is 20.1. The Morgan fingerprint density at radius 1 is 1.12 bits per heavy atom. The summed E-state index contributed by atoms with van der Waals surface area (Å²) in [5.41, 5.74) is 0. The van der Waals surface area contributed by atoms with Crippen molar-refractivity contribution in [1.29, 1.82) is 0 Å². The second-order valence-corrected chi connectivity index (χ2v) is 6.58. The van der Waals surface area contributed by atoms with Gasteiger partial charge in [0.05, 0.1) is 0 Å². The molecule has 1 aliphatic heterocycles. The molecule has 1 saturated heterocycles. The van der Waals surface area contributed by atoms with Crippen LogP contribution in [0.2, 0.25) is 0 Å². The van der Waals surface area contributed by atoms with Gasteiger partial charge in [0.2, 0.25) is 0 Å². The van der Waals surface area contributed by atoms with E-state index >= 15 is 0 Å². The number of nitrogens with zero attached hydrogens (tertiary/aromatic N) is 1. The van der Waals surface area contributed by atoms with Crippen molar-refractivity contribution in [3.63, 3.8) is 0 Å². The zero-order chi connectivity index (χ0) is 11.4. The second-order valence-electron chi connectivity index (χ2n) is 4.22. The van der Waals surface area contributed by atoms with Gasteiger partial charge in [-0.1, -0.05) is 24.6 Å². The van der Waals surface area contributed by atoms with Gasteiger partial charge in [-0.3, -0.25) is 4.57 Å². The molecule has 88 valence electrons. The lowest BCUT2D eigenvalue weighted by Crippen LogP contribution is -2.28. The molecular weight excluding hydrogens is 221 g/mol. The van der Waals surface area contributed by atoms with Gasteiger partial charge in [0.15, 0.2) is 0 Å². The van der Waals surface area contributed by atoms with Gasteiger partial charge >= 0.3 is 7.52 Å². The Hall–Kier alpha value is -0.790. The van der Waals surface area contributed by atoms with E-state index in [-0.39, 0.29) is 0 Å². The molecule has 0 saturated carbocycles. The zero-order valence-corrected chi connectivity index (χ0v) is 10.5. The molecule has 1 fully saturated rings. The summed E-state index contributed by atoms with van der Waals surface area (Å²) in [6.45, 7) is 3.49. The molecule has 0 spiro atoms. The lowest BCUT2D eigenvalue weighted by Gasteiger charge is -2.31. The smallest absolute Gasteiger partial charge is 0.316 e. The fraction of sp³-hybridized carbons (Fsp3) is 0.500. The van der Waals surface area contributed by atoms with Crippen LogP contribution in [-0.4, -0.2) is 24.4 Å². The SMILES string of the molecule is C[P@](=O)(Oc1ccccc1)N1CCCCC1. The van der Waals surface area contributed by atoms with E-state index in [2.05, 4.69) is 0 Å². The van der Waals surface area contributed by atoms with Crippen molar-refractivity contribution in [1.82, 2.24) is 4.67 Å². The Morgan fingerprint density at radius 3 is 2.38 bits per heavy atom. The predicted molar refractivity (Wildman–Crippen MR) is 66.0 cm³/mol. The van der Waals surface area contributed by atoms with Crippen molar-refractivity contribution >= 4 is 7.52 Å². The van der Waals surface area contributed by atoms with Gasteiger partial charge in [-0.15, -0.1) is 0 Å². The van der Waals surface area contributed by atoms with E-state index in [1.54, 1.807) is 6.66 Å². The van der Waals surface area contributed by atoms with Crippen molar-refractivity contribution in [2.75, 3.05) is 19.8 Å². The Morgan fingerprint density at radius 2 is 1.75 bits per heavy atom. The molecular formula is C12H18NO2P. The normalized spacial score (nSPS) is 21.3. The number of piperidine rings is 1. The summed E-state index contributed by atoms with van der Waals surface area (Å²) in [4.78, 5) is 0. The topological polar surface area (TPSA) is 29.5 Å². The van der Waals surface area contributed by atoms with E-state index in [4.69, 9.17) is 4.52 Å². The number of rotatable bonds is 3. The highest BCUT2D eigenvalue weighted by Crippen LogP contribution is 2.48. The summed E-state index contributed by atoms with van der Waals surface area (Å²) in [7, 11) is -2.66. The molecule has 0 aliphatic carbocycles. The van der Waals surface area contributed by atoms with Crippen LogP contribution in [0.15, 0.2) is 30.3 Å². The zero-order valence-electron chi connectivity index (χ0n) is 9.63. The monoisotopic (exact) mass is 239 g/mol. The first-order valence-electron chi connectivity index (χ1n) is 5.76. The van der Waals surface area contributed by atoms with E-state index in [1.807, 2.05) is 35.0 Å². The van der Waals surface area contributed by atoms with Crippen molar-refractivity contribution in [3.05, 3.63) is 30.3 Å². The number of hydrogen-bond donors (Lipinski definition) is 0. The molecule has 1 atom stereocenters. The van der Waals surface area contributed by atoms with Crippen LogP contribution < -0.4 is 4.52 Å². The van der Waals surface area contributed by atoms with Crippen LogP contribution >= 0.6 is 7.52 Å². The molecule has 1 aliphatic rings. The van der Waals surface area contributed by atoms with Gasteiger partial charge < -0.3 is 4.52 Å². The van der Waals surface area contributed by atoms with E-state index < -0.39 is 7.52 Å². The molecule has 4 heteroatoms. The van der Waals surface area contributed by atoms with E-state index in [9.17, 15) is 4.57 Å². The third-order valence-corrected chi connectivity index (χ3v) is 4.84. The van der Waals surface area contributed by atoms with Crippen molar-refractivity contribution < 1.29 is 9.09 Å². The maximum absolute atomic E-state index is 12.4. The van der Waals surface area contributed by atoms with Crippen LogP contribution in [0.1, 0.15) is 19.3 Å². The fourth-order valence-electron chi connectivity index (χ4n) is 1.98. The van der Waals surface area contributed by atoms with Crippen LogP contribution in [0.3, 0.4) is 0 Å². The molecule has 1 heterocycles. The van der Waals surface area contributed by atoms with E-state index in [0.717, 1.165) is 25.9 Å². The number of hydrogen-bond acceptors (Lipinski definition) is 2. The largest absolute Gasteiger partial charge is 0.433 e. The molecule has 0 unspecified atom stereocenters. The summed E-state index contributed by atoms with van der Waals surface area (Å²) in [6, 6.07) is 9.41. The van der Waals surface area contributed by atoms with Crippen LogP contribution in [0.5, 0.6) is 5.75 Å². The molecule has 0 N–H and O–H groups in total. The maximum atomic E-state index is 12.4. The van der Waals surface area contributed by atoms with Gasteiger partial charge in [-0.2, -0.15) is 0 Å². The van der Waals surface area contributed by atoms with Crippen LogP contribution in [-0.2, 0) is 4.57 Å². The summed E-state index contributed by atoms with van der Waals surface area (Å²) in [6.07, 6.45) is 3.48. The van der Waals surface area contributed by atoms with Crippen LogP contribution in [0.25, 0.3) is 0 Å². The third-order valence-electron chi connectivity index (χ3n) is 2.86. The third kappa shape index (κ3) is 2.87. The highest BCUT2D eigenvalue weighted by Gasteiger charge is 2.28. The Bertz CT molecular complexity index is 374. The lowest BCUT2D eigenvalue weighted by atomic mass is 10.2. The average molecular weight is 239 g/mol. The predicted octanol–water partition coefficient (Wildman–Crippen LogP) is 3.37. The number of para-hydroxylation sites is 1. The molecule has 2 rings (SSSR count). The van der Waals surface area contributed by atoms with Crippen molar-refractivity contribution in [2.45, 2.75) is 19.3 Å². The minimum absolute atomic E-state index is 0.693. The van der Waals surface area contributed by atoms with Crippen LogP contribution in [0, 0.1) is 0 Å². The quantitative estimate of drug-likeness (QED) is 0.757. The second kappa shape index (κ2) is 5.03. The average Bonchev–Trinajstić information content (AvgIpc) is 2.31. The van der Waals surface area contributed by atoms with Gasteiger partial charge in [-0.05, 0) is 25.0 Å². The molecule has 0 bridgehead atoms. The van der Waals surface area contributed by atoms with Crippen LogP contribution in [0.4, 0.5) is 0 Å². The molecule has 3 nitrogen and oxygen atoms in total. The summed E-state index contributed by atoms with van der Waals surface area (Å²) in [5.74, 6) is 0.693. The van der Waals surface area contributed by atoms with Crippen molar-refractivity contribution in [2.24, 2.45) is 0 Å². The maximum Gasteiger partial charge on any atom is 0.316 e. The molecule has 0 aromatic heterocycles. The molecule has 0 radical (unpaired) electrons. The molecule has 16 heavy (non-hydrogen) atoms. The van der Waals surface area contributed by atoms with Gasteiger partial charge in [0.1, 0.15) is 5.75 Å². The Labute approximate surface area is 96.9 Å². The minimum Gasteiger partial charge on any atom is -0.433 e. The highest BCUT2D eigenvalue weighted by molar-refractivity contribution is 7.56. The van der Waals surface area contributed by atoms with Gasteiger partial charge in [-0.25, -0.2) is 4.67 Å². The Kier molecular flexibility index (Phi) is 3.67. The molecule has 1 aromatic rings. The Balaban J connectivity index is 2.04. The van der Waals surface area contributed by atoms with Gasteiger partial charge in [0, 0.05) is 19.8 Å². The summed E-state index contributed by atoms with van der Waals surface area (Å²) >= 11 is 0. The lowest BCUT2D eigenvalue weighted by molar-refractivity contribution is 0.310. The highest BCUT2D eigenvalue weighted by atomic mass is 31.2. The fourth-order valence-corrected chi connectivity index (χ4v) is 3.61. The van der Waals surface area contributed by atoms with Crippen molar-refractivity contribution in [3.8, 4) is 5.75 Å². The molecule has 1 aromatic carbocycles. The first kappa shape index (κ1) is 11.7. The number of benzene rings is 1. The van der Waals surface area contributed by atoms with E-state index in [0.29, 0.717) is 5.75 Å². The van der Waals surface area contributed by atoms with Gasteiger partial charge in [0.25, 0.3) is 0 Å². The standard InChI is InChI=1S/C12H18NO2P/c1-16(14,13-10-6-3-7-11-13)15-12-8-4-2-5-9-12/h2,4-5,8-9H,3,6-7,10-11H2,1H3/t16-/m0/s1. The minimum atomic E-state index is -2.66. The summed E-state index contributed by atoms with van der Waals surface area (Å²) in [5, 5.41) is 0. The first-order valence-corrected chi connectivity index (χ1v) is 7.78. The molecule has 0 amide bonds.